The first kappa shape index (κ1) is 22.0. The van der Waals surface area contributed by atoms with Crippen molar-refractivity contribution >= 4 is 23.2 Å². The van der Waals surface area contributed by atoms with E-state index in [9.17, 15) is 4.79 Å². The van der Waals surface area contributed by atoms with Crippen LogP contribution < -0.4 is 14.4 Å². The Morgan fingerprint density at radius 3 is 2.50 bits per heavy atom. The van der Waals surface area contributed by atoms with Crippen molar-refractivity contribution in [1.29, 1.82) is 0 Å². The molecule has 3 aromatic rings. The van der Waals surface area contributed by atoms with Gasteiger partial charge in [0.1, 0.15) is 18.1 Å². The van der Waals surface area contributed by atoms with Gasteiger partial charge in [-0.3, -0.25) is 4.79 Å². The second-order valence-corrected chi connectivity index (χ2v) is 8.48. The Labute approximate surface area is 194 Å². The maximum Gasteiger partial charge on any atom is 0.254 e. The first-order valence-corrected chi connectivity index (χ1v) is 11.0. The molecule has 1 aliphatic heterocycles. The van der Waals surface area contributed by atoms with Gasteiger partial charge in [0.05, 0.1) is 13.2 Å². The van der Waals surface area contributed by atoms with Crippen LogP contribution in [0.5, 0.6) is 11.5 Å². The number of benzene rings is 3. The van der Waals surface area contributed by atoms with Gasteiger partial charge in [0.2, 0.25) is 0 Å². The molecule has 4 rings (SSSR count). The number of hydrogen-bond acceptors (Lipinski definition) is 4. The molecule has 1 unspecified atom stereocenters. The number of amides is 1. The predicted octanol–water partition coefficient (Wildman–Crippen LogP) is 5.23. The summed E-state index contributed by atoms with van der Waals surface area (Å²) < 4.78 is 11.4. The molecule has 32 heavy (non-hydrogen) atoms. The predicted molar refractivity (Wildman–Crippen MR) is 128 cm³/mol. The van der Waals surface area contributed by atoms with E-state index >= 15 is 0 Å². The molecule has 0 spiro atoms. The van der Waals surface area contributed by atoms with E-state index in [1.165, 1.54) is 5.56 Å². The van der Waals surface area contributed by atoms with E-state index in [0.717, 1.165) is 29.2 Å². The van der Waals surface area contributed by atoms with Crippen molar-refractivity contribution in [1.82, 2.24) is 4.90 Å². The number of rotatable bonds is 6. The van der Waals surface area contributed by atoms with E-state index < -0.39 is 0 Å². The van der Waals surface area contributed by atoms with Crippen molar-refractivity contribution in [2.24, 2.45) is 0 Å². The maximum atomic E-state index is 13.4. The van der Waals surface area contributed by atoms with Gasteiger partial charge in [-0.1, -0.05) is 23.7 Å². The Kier molecular flexibility index (Phi) is 6.56. The molecule has 0 aliphatic carbocycles. The van der Waals surface area contributed by atoms with Crippen molar-refractivity contribution in [3.63, 3.8) is 0 Å². The average Bonchev–Trinajstić information content (AvgIpc) is 2.81. The summed E-state index contributed by atoms with van der Waals surface area (Å²) in [5.41, 5.74) is 4.09. The molecule has 1 heterocycles. The van der Waals surface area contributed by atoms with E-state index in [-0.39, 0.29) is 11.9 Å². The summed E-state index contributed by atoms with van der Waals surface area (Å²) in [6, 6.07) is 20.8. The molecule has 166 valence electrons. The SMILES string of the molecule is COc1ccc(OCC2c3ccc(N(C)C)cc3CCN2C(=O)c2cccc(Cl)c2)cc1. The lowest BCUT2D eigenvalue weighted by Gasteiger charge is -2.37. The Bertz CT molecular complexity index is 1100. The third kappa shape index (κ3) is 4.68. The number of carbonyl (C=O) groups excluding carboxylic acids is 1. The highest BCUT2D eigenvalue weighted by Crippen LogP contribution is 2.34. The fraction of sp³-hybridized carbons (Fsp3) is 0.269. The molecule has 0 radical (unpaired) electrons. The molecular weight excluding hydrogens is 424 g/mol. The second-order valence-electron chi connectivity index (χ2n) is 8.04. The molecule has 0 bridgehead atoms. The lowest BCUT2D eigenvalue weighted by molar-refractivity contribution is 0.0590. The maximum absolute atomic E-state index is 13.4. The fourth-order valence-electron chi connectivity index (χ4n) is 4.03. The smallest absolute Gasteiger partial charge is 0.254 e. The second kappa shape index (κ2) is 9.53. The minimum atomic E-state index is -0.205. The average molecular weight is 451 g/mol. The quantitative estimate of drug-likeness (QED) is 0.515. The van der Waals surface area contributed by atoms with Crippen LogP contribution in [0.15, 0.2) is 66.7 Å². The number of methoxy groups -OCH3 is 1. The molecule has 0 saturated carbocycles. The summed E-state index contributed by atoms with van der Waals surface area (Å²) in [5.74, 6) is 1.46. The van der Waals surface area contributed by atoms with Crippen LogP contribution in [0.1, 0.15) is 27.5 Å². The van der Waals surface area contributed by atoms with Gasteiger partial charge < -0.3 is 19.3 Å². The minimum absolute atomic E-state index is 0.0434. The molecule has 5 nitrogen and oxygen atoms in total. The molecule has 1 atom stereocenters. The lowest BCUT2D eigenvalue weighted by Crippen LogP contribution is -2.42. The largest absolute Gasteiger partial charge is 0.497 e. The van der Waals surface area contributed by atoms with Crippen molar-refractivity contribution < 1.29 is 14.3 Å². The van der Waals surface area contributed by atoms with Crippen LogP contribution >= 0.6 is 11.6 Å². The van der Waals surface area contributed by atoms with Crippen LogP contribution in [0.4, 0.5) is 5.69 Å². The highest BCUT2D eigenvalue weighted by molar-refractivity contribution is 6.30. The van der Waals surface area contributed by atoms with Crippen LogP contribution in [0.2, 0.25) is 5.02 Å². The Hall–Kier alpha value is -3.18. The summed E-state index contributed by atoms with van der Waals surface area (Å²) in [7, 11) is 5.70. The molecule has 1 aliphatic rings. The third-order valence-electron chi connectivity index (χ3n) is 5.80. The monoisotopic (exact) mass is 450 g/mol. The summed E-state index contributed by atoms with van der Waals surface area (Å²) in [4.78, 5) is 17.4. The Morgan fingerprint density at radius 1 is 1.06 bits per heavy atom. The van der Waals surface area contributed by atoms with Gasteiger partial charge >= 0.3 is 0 Å². The summed E-state index contributed by atoms with van der Waals surface area (Å²) in [5, 5.41) is 0.551. The van der Waals surface area contributed by atoms with Gasteiger partial charge in [0.15, 0.2) is 0 Å². The van der Waals surface area contributed by atoms with Gasteiger partial charge in [-0.15, -0.1) is 0 Å². The number of nitrogens with zero attached hydrogens (tertiary/aromatic N) is 2. The molecule has 0 N–H and O–H groups in total. The van der Waals surface area contributed by atoms with Gasteiger partial charge in [0, 0.05) is 36.9 Å². The molecule has 3 aromatic carbocycles. The van der Waals surface area contributed by atoms with Crippen molar-refractivity contribution in [2.45, 2.75) is 12.5 Å². The van der Waals surface area contributed by atoms with E-state index in [0.29, 0.717) is 23.7 Å². The summed E-state index contributed by atoms with van der Waals surface area (Å²) in [6.07, 6.45) is 0.794. The van der Waals surface area contributed by atoms with Crippen molar-refractivity contribution in [3.05, 3.63) is 88.4 Å². The molecule has 6 heteroatoms. The van der Waals surface area contributed by atoms with Crippen LogP contribution in [-0.4, -0.2) is 45.2 Å². The summed E-state index contributed by atoms with van der Waals surface area (Å²) in [6.45, 7) is 0.971. The number of halogens is 1. The van der Waals surface area contributed by atoms with E-state index in [1.807, 2.05) is 43.3 Å². The number of carbonyl (C=O) groups is 1. The number of hydrogen-bond donors (Lipinski definition) is 0. The fourth-order valence-corrected chi connectivity index (χ4v) is 4.22. The van der Waals surface area contributed by atoms with Gasteiger partial charge in [-0.25, -0.2) is 0 Å². The zero-order valence-corrected chi connectivity index (χ0v) is 19.3. The van der Waals surface area contributed by atoms with Gasteiger partial charge in [0.25, 0.3) is 5.91 Å². The topological polar surface area (TPSA) is 42.0 Å². The minimum Gasteiger partial charge on any atom is -0.497 e. The van der Waals surface area contributed by atoms with Crippen LogP contribution in [-0.2, 0) is 6.42 Å². The van der Waals surface area contributed by atoms with E-state index in [2.05, 4.69) is 23.1 Å². The molecule has 0 fully saturated rings. The molecular formula is C26H27ClN2O3. The van der Waals surface area contributed by atoms with Crippen LogP contribution in [0.3, 0.4) is 0 Å². The molecule has 0 saturated heterocycles. The standard InChI is InChI=1S/C26H27ClN2O3/c1-28(2)21-7-12-24-18(16-21)13-14-29(26(30)19-5-4-6-20(27)15-19)25(24)17-32-23-10-8-22(31-3)9-11-23/h4-12,15-16,25H,13-14,17H2,1-3H3. The zero-order chi connectivity index (χ0) is 22.7. The third-order valence-corrected chi connectivity index (χ3v) is 6.04. The Morgan fingerprint density at radius 2 is 1.81 bits per heavy atom. The van der Waals surface area contributed by atoms with E-state index in [1.54, 1.807) is 31.4 Å². The van der Waals surface area contributed by atoms with E-state index in [4.69, 9.17) is 21.1 Å². The summed E-state index contributed by atoms with van der Waals surface area (Å²) >= 11 is 6.15. The molecule has 0 aromatic heterocycles. The highest BCUT2D eigenvalue weighted by Gasteiger charge is 2.32. The Balaban J connectivity index is 1.64. The first-order valence-electron chi connectivity index (χ1n) is 10.6. The number of fused-ring (bicyclic) bond motifs is 1. The molecule has 1 amide bonds. The lowest BCUT2D eigenvalue weighted by atomic mass is 9.91. The van der Waals surface area contributed by atoms with Crippen LogP contribution in [0.25, 0.3) is 0 Å². The normalized spacial score (nSPS) is 15.1. The number of anilines is 1. The number of ether oxygens (including phenoxy) is 2. The van der Waals surface area contributed by atoms with Gasteiger partial charge in [-0.05, 0) is 72.1 Å². The van der Waals surface area contributed by atoms with Crippen molar-refractivity contribution in [3.8, 4) is 11.5 Å². The van der Waals surface area contributed by atoms with Gasteiger partial charge in [-0.2, -0.15) is 0 Å². The van der Waals surface area contributed by atoms with Crippen LogP contribution in [0, 0.1) is 0 Å². The first-order chi connectivity index (χ1) is 15.5. The zero-order valence-electron chi connectivity index (χ0n) is 18.5. The highest BCUT2D eigenvalue weighted by atomic mass is 35.5. The van der Waals surface area contributed by atoms with Crippen molar-refractivity contribution in [2.75, 3.05) is 39.3 Å².